The number of ether oxygens (including phenoxy) is 1. The van der Waals surface area contributed by atoms with E-state index in [2.05, 4.69) is 4.98 Å². The second-order valence-corrected chi connectivity index (χ2v) is 4.26. The second kappa shape index (κ2) is 5.56. The maximum Gasteiger partial charge on any atom is 0.303 e. The molecule has 0 aliphatic heterocycles. The van der Waals surface area contributed by atoms with Crippen LogP contribution in [0.4, 0.5) is 0 Å². The summed E-state index contributed by atoms with van der Waals surface area (Å²) < 4.78 is 7.20. The van der Waals surface area contributed by atoms with Crippen LogP contribution >= 0.6 is 0 Å². The van der Waals surface area contributed by atoms with E-state index in [1.807, 2.05) is 42.1 Å². The predicted molar refractivity (Wildman–Crippen MR) is 71.2 cm³/mol. The Labute approximate surface area is 111 Å². The van der Waals surface area contributed by atoms with Gasteiger partial charge in [-0.3, -0.25) is 4.79 Å². The number of hydrogen-bond donors (Lipinski definition) is 1. The van der Waals surface area contributed by atoms with Gasteiger partial charge in [-0.05, 0) is 12.1 Å². The van der Waals surface area contributed by atoms with Crippen molar-refractivity contribution in [2.45, 2.75) is 12.8 Å². The van der Waals surface area contributed by atoms with Crippen molar-refractivity contribution in [3.8, 4) is 17.1 Å². The molecule has 100 valence electrons. The van der Waals surface area contributed by atoms with Gasteiger partial charge in [0.05, 0.1) is 24.8 Å². The van der Waals surface area contributed by atoms with Crippen molar-refractivity contribution >= 4 is 5.97 Å². The van der Waals surface area contributed by atoms with E-state index in [1.54, 1.807) is 7.11 Å². The minimum Gasteiger partial charge on any atom is -0.496 e. The standard InChI is InChI=1S/C14H16N2O3/c1-16-9-10(7-8-13(17)18)15-14(16)11-5-3-4-6-12(11)19-2/h3-6,9H,7-8H2,1-2H3,(H,17,18). The van der Waals surface area contributed by atoms with Crippen molar-refractivity contribution in [2.75, 3.05) is 7.11 Å². The van der Waals surface area contributed by atoms with Gasteiger partial charge >= 0.3 is 5.97 Å². The van der Waals surface area contributed by atoms with Gasteiger partial charge in [-0.2, -0.15) is 0 Å². The van der Waals surface area contributed by atoms with Gasteiger partial charge in [0, 0.05) is 19.7 Å². The number of methoxy groups -OCH3 is 1. The van der Waals surface area contributed by atoms with E-state index in [-0.39, 0.29) is 6.42 Å². The maximum atomic E-state index is 10.6. The number of carboxylic acids is 1. The fourth-order valence-corrected chi connectivity index (χ4v) is 1.96. The molecule has 0 spiro atoms. The SMILES string of the molecule is COc1ccccc1-c1nc(CCC(=O)O)cn1C. The number of para-hydroxylation sites is 1. The Morgan fingerprint density at radius 3 is 2.84 bits per heavy atom. The fourth-order valence-electron chi connectivity index (χ4n) is 1.96. The molecule has 0 aliphatic rings. The summed E-state index contributed by atoms with van der Waals surface area (Å²) in [6.07, 6.45) is 2.37. The summed E-state index contributed by atoms with van der Waals surface area (Å²) in [4.78, 5) is 15.1. The average molecular weight is 260 g/mol. The van der Waals surface area contributed by atoms with Crippen molar-refractivity contribution in [3.05, 3.63) is 36.2 Å². The molecule has 1 aromatic heterocycles. The molecule has 0 radical (unpaired) electrons. The first-order valence-corrected chi connectivity index (χ1v) is 5.99. The van der Waals surface area contributed by atoms with Gasteiger partial charge in [0.25, 0.3) is 0 Å². The number of carbonyl (C=O) groups is 1. The van der Waals surface area contributed by atoms with E-state index >= 15 is 0 Å². The van der Waals surface area contributed by atoms with Crippen LogP contribution < -0.4 is 4.74 Å². The van der Waals surface area contributed by atoms with Crippen molar-refractivity contribution in [1.82, 2.24) is 9.55 Å². The molecule has 5 heteroatoms. The molecule has 0 unspecified atom stereocenters. The number of aromatic nitrogens is 2. The third-order valence-electron chi connectivity index (χ3n) is 2.87. The van der Waals surface area contributed by atoms with Gasteiger partial charge < -0.3 is 14.4 Å². The normalized spacial score (nSPS) is 10.4. The van der Waals surface area contributed by atoms with Gasteiger partial charge in [0.1, 0.15) is 11.6 Å². The summed E-state index contributed by atoms with van der Waals surface area (Å²) in [5, 5.41) is 8.70. The highest BCUT2D eigenvalue weighted by Gasteiger charge is 2.12. The molecule has 0 atom stereocenters. The Hall–Kier alpha value is -2.30. The van der Waals surface area contributed by atoms with Crippen molar-refractivity contribution in [1.29, 1.82) is 0 Å². The minimum atomic E-state index is -0.815. The Morgan fingerprint density at radius 1 is 1.42 bits per heavy atom. The summed E-state index contributed by atoms with van der Waals surface area (Å²) in [7, 11) is 3.51. The Balaban J connectivity index is 2.32. The molecule has 2 aromatic rings. The van der Waals surface area contributed by atoms with Crippen LogP contribution in [0.25, 0.3) is 11.4 Å². The van der Waals surface area contributed by atoms with Crippen molar-refractivity contribution in [2.24, 2.45) is 7.05 Å². The number of hydrogen-bond acceptors (Lipinski definition) is 3. The zero-order chi connectivity index (χ0) is 13.8. The first-order chi connectivity index (χ1) is 9.11. The number of aryl methyl sites for hydroxylation is 2. The Bertz CT molecular complexity index is 590. The molecule has 0 amide bonds. The van der Waals surface area contributed by atoms with Crippen LogP contribution in [0, 0.1) is 0 Å². The number of carboxylic acid groups (broad SMARTS) is 1. The predicted octanol–water partition coefficient (Wildman–Crippen LogP) is 2.11. The van der Waals surface area contributed by atoms with Crippen LogP contribution in [0.3, 0.4) is 0 Å². The third-order valence-corrected chi connectivity index (χ3v) is 2.87. The van der Waals surface area contributed by atoms with Crippen molar-refractivity contribution < 1.29 is 14.6 Å². The highest BCUT2D eigenvalue weighted by molar-refractivity contribution is 5.67. The van der Waals surface area contributed by atoms with Gasteiger partial charge in [-0.1, -0.05) is 12.1 Å². The van der Waals surface area contributed by atoms with Crippen molar-refractivity contribution in [3.63, 3.8) is 0 Å². The molecule has 0 saturated heterocycles. The lowest BCUT2D eigenvalue weighted by Gasteiger charge is -2.07. The molecule has 0 bridgehead atoms. The number of nitrogens with zero attached hydrogens (tertiary/aromatic N) is 2. The summed E-state index contributed by atoms with van der Waals surface area (Å²) in [6, 6.07) is 7.63. The maximum absolute atomic E-state index is 10.6. The van der Waals surface area contributed by atoms with Crippen LogP contribution in [0.5, 0.6) is 5.75 Å². The Morgan fingerprint density at radius 2 is 2.16 bits per heavy atom. The average Bonchev–Trinajstić information content (AvgIpc) is 2.77. The zero-order valence-corrected chi connectivity index (χ0v) is 11.0. The molecular weight excluding hydrogens is 244 g/mol. The highest BCUT2D eigenvalue weighted by Crippen LogP contribution is 2.28. The molecule has 19 heavy (non-hydrogen) atoms. The van der Waals surface area contributed by atoms with Gasteiger partial charge in [0.15, 0.2) is 0 Å². The van der Waals surface area contributed by atoms with E-state index in [0.29, 0.717) is 6.42 Å². The van der Waals surface area contributed by atoms with Crippen LogP contribution in [-0.4, -0.2) is 27.7 Å². The fraction of sp³-hybridized carbons (Fsp3) is 0.286. The Kier molecular flexibility index (Phi) is 3.85. The molecule has 1 aromatic carbocycles. The lowest BCUT2D eigenvalue weighted by Crippen LogP contribution is -1.97. The zero-order valence-electron chi connectivity index (χ0n) is 11.0. The van der Waals surface area contributed by atoms with Crippen LogP contribution in [0.1, 0.15) is 12.1 Å². The van der Waals surface area contributed by atoms with Gasteiger partial charge in [-0.25, -0.2) is 4.98 Å². The van der Waals surface area contributed by atoms with Gasteiger partial charge in [0.2, 0.25) is 0 Å². The molecule has 1 heterocycles. The monoisotopic (exact) mass is 260 g/mol. The van der Waals surface area contributed by atoms with E-state index in [0.717, 1.165) is 22.8 Å². The molecule has 0 fully saturated rings. The largest absolute Gasteiger partial charge is 0.496 e. The lowest BCUT2D eigenvalue weighted by molar-refractivity contribution is -0.136. The number of benzene rings is 1. The van der Waals surface area contributed by atoms with Crippen LogP contribution in [0.15, 0.2) is 30.5 Å². The minimum absolute atomic E-state index is 0.0857. The first kappa shape index (κ1) is 13.1. The van der Waals surface area contributed by atoms with E-state index in [1.165, 1.54) is 0 Å². The second-order valence-electron chi connectivity index (χ2n) is 4.26. The van der Waals surface area contributed by atoms with Crippen LogP contribution in [0.2, 0.25) is 0 Å². The molecule has 0 saturated carbocycles. The topological polar surface area (TPSA) is 64.3 Å². The first-order valence-electron chi connectivity index (χ1n) is 5.99. The summed E-state index contributed by atoms with van der Waals surface area (Å²) in [5.41, 5.74) is 1.67. The summed E-state index contributed by atoms with van der Waals surface area (Å²) in [5.74, 6) is 0.711. The van der Waals surface area contributed by atoms with Crippen LogP contribution in [-0.2, 0) is 18.3 Å². The quantitative estimate of drug-likeness (QED) is 0.894. The van der Waals surface area contributed by atoms with E-state index in [9.17, 15) is 4.79 Å². The molecule has 5 nitrogen and oxygen atoms in total. The van der Waals surface area contributed by atoms with Gasteiger partial charge in [-0.15, -0.1) is 0 Å². The smallest absolute Gasteiger partial charge is 0.303 e. The van der Waals surface area contributed by atoms with E-state index in [4.69, 9.17) is 9.84 Å². The summed E-state index contributed by atoms with van der Waals surface area (Å²) in [6.45, 7) is 0. The van der Waals surface area contributed by atoms with E-state index < -0.39 is 5.97 Å². The number of rotatable bonds is 5. The molecule has 2 rings (SSSR count). The summed E-state index contributed by atoms with van der Waals surface area (Å²) >= 11 is 0. The molecule has 1 N–H and O–H groups in total. The lowest BCUT2D eigenvalue weighted by atomic mass is 10.2. The third kappa shape index (κ3) is 2.93. The molecule has 0 aliphatic carbocycles. The number of aliphatic carboxylic acids is 1. The highest BCUT2D eigenvalue weighted by atomic mass is 16.5. The number of imidazole rings is 1. The molecular formula is C14H16N2O3.